The molecular weight excluding hydrogens is 248 g/mol. The molecule has 0 unspecified atom stereocenters. The second-order valence-electron chi connectivity index (χ2n) is 4.34. The summed E-state index contributed by atoms with van der Waals surface area (Å²) in [7, 11) is 2.69. The summed E-state index contributed by atoms with van der Waals surface area (Å²) in [6.07, 6.45) is 0. The number of ketones is 1. The second-order valence-corrected chi connectivity index (χ2v) is 4.34. The lowest BCUT2D eigenvalue weighted by Crippen LogP contribution is -2.15. The van der Waals surface area contributed by atoms with Gasteiger partial charge in [0.05, 0.1) is 14.2 Å². The van der Waals surface area contributed by atoms with Crippen LogP contribution in [0.25, 0.3) is 0 Å². The fourth-order valence-electron chi connectivity index (χ4n) is 2.04. The van der Waals surface area contributed by atoms with Crippen LogP contribution in [0.15, 0.2) is 6.07 Å². The minimum atomic E-state index is -0.675. The zero-order valence-electron chi connectivity index (χ0n) is 11.7. The fraction of sp³-hybridized carbons (Fsp3) is 0.429. The minimum absolute atomic E-state index is 0.0171. The Morgan fingerprint density at radius 3 is 2.32 bits per heavy atom. The van der Waals surface area contributed by atoms with Gasteiger partial charge in [0.15, 0.2) is 0 Å². The summed E-state index contributed by atoms with van der Waals surface area (Å²) in [5.74, 6) is -1.15. The van der Waals surface area contributed by atoms with Crippen LogP contribution in [0.5, 0.6) is 11.5 Å². The van der Waals surface area contributed by atoms with Gasteiger partial charge in [-0.1, -0.05) is 6.92 Å². The number of ether oxygens (including phenoxy) is 2. The van der Waals surface area contributed by atoms with Crippen molar-refractivity contribution in [3.8, 4) is 11.5 Å². The number of esters is 1. The Balaban J connectivity index is 3.66. The Morgan fingerprint density at radius 2 is 1.89 bits per heavy atom. The maximum absolute atomic E-state index is 11.8. The normalized spacial score (nSPS) is 11.8. The number of methoxy groups -OCH3 is 2. The lowest BCUT2D eigenvalue weighted by molar-refractivity contribution is -0.118. The summed E-state index contributed by atoms with van der Waals surface area (Å²) in [6.45, 7) is 4.84. The molecule has 1 aromatic carbocycles. The van der Waals surface area contributed by atoms with Gasteiger partial charge in [0.2, 0.25) is 0 Å². The number of carbonyl (C=O) groups is 2. The van der Waals surface area contributed by atoms with Crippen LogP contribution in [0.4, 0.5) is 0 Å². The number of hydrogen-bond acceptors (Lipinski definition) is 5. The summed E-state index contributed by atoms with van der Waals surface area (Å²) in [4.78, 5) is 23.4. The molecule has 1 N–H and O–H groups in total. The molecule has 5 heteroatoms. The first kappa shape index (κ1) is 15.0. The number of phenols is 1. The van der Waals surface area contributed by atoms with Crippen LogP contribution >= 0.6 is 0 Å². The highest BCUT2D eigenvalue weighted by Gasteiger charge is 2.27. The quantitative estimate of drug-likeness (QED) is 0.846. The third-order valence-electron chi connectivity index (χ3n) is 3.22. The van der Waals surface area contributed by atoms with Crippen molar-refractivity contribution in [3.05, 3.63) is 22.8 Å². The maximum Gasteiger partial charge on any atom is 0.341 e. The largest absolute Gasteiger partial charge is 0.507 e. The maximum atomic E-state index is 11.8. The number of phenolic OH excluding ortho intramolecular Hbond substituents is 1. The molecule has 19 heavy (non-hydrogen) atoms. The Bertz CT molecular complexity index is 519. The average molecular weight is 266 g/mol. The molecule has 0 radical (unpaired) electrons. The van der Waals surface area contributed by atoms with E-state index in [4.69, 9.17) is 4.74 Å². The Morgan fingerprint density at radius 1 is 1.32 bits per heavy atom. The van der Waals surface area contributed by atoms with Crippen molar-refractivity contribution in [3.63, 3.8) is 0 Å². The summed E-state index contributed by atoms with van der Waals surface area (Å²) in [6, 6.07) is 1.35. The summed E-state index contributed by atoms with van der Waals surface area (Å²) >= 11 is 0. The molecule has 0 amide bonds. The third kappa shape index (κ3) is 2.70. The molecule has 0 aliphatic heterocycles. The molecule has 0 spiro atoms. The predicted molar refractivity (Wildman–Crippen MR) is 69.8 cm³/mol. The molecule has 0 aliphatic rings. The molecule has 0 saturated carbocycles. The fourth-order valence-corrected chi connectivity index (χ4v) is 2.04. The van der Waals surface area contributed by atoms with Crippen molar-refractivity contribution in [2.75, 3.05) is 14.2 Å². The number of benzene rings is 1. The van der Waals surface area contributed by atoms with Gasteiger partial charge < -0.3 is 14.6 Å². The van der Waals surface area contributed by atoms with E-state index >= 15 is 0 Å². The molecule has 0 aromatic heterocycles. The standard InChI is InChI=1S/C14H18O5/c1-7(9(3)15)12-8(2)11(18-4)6-10(16)13(12)14(17)19-5/h6-7,16H,1-5H3/t7-/m1/s1. The number of carbonyl (C=O) groups excluding carboxylic acids is 2. The van der Waals surface area contributed by atoms with Crippen LogP contribution in [0, 0.1) is 6.92 Å². The monoisotopic (exact) mass is 266 g/mol. The lowest BCUT2D eigenvalue weighted by Gasteiger charge is -2.19. The van der Waals surface area contributed by atoms with E-state index in [9.17, 15) is 14.7 Å². The van der Waals surface area contributed by atoms with Crippen molar-refractivity contribution in [1.82, 2.24) is 0 Å². The van der Waals surface area contributed by atoms with E-state index in [0.717, 1.165) is 0 Å². The highest BCUT2D eigenvalue weighted by atomic mass is 16.5. The van der Waals surface area contributed by atoms with Gasteiger partial charge in [0.1, 0.15) is 22.8 Å². The molecule has 1 aromatic rings. The SMILES string of the molecule is COC(=O)c1c(O)cc(OC)c(C)c1[C@H](C)C(C)=O. The van der Waals surface area contributed by atoms with Crippen LogP contribution in [0.3, 0.4) is 0 Å². The molecule has 0 heterocycles. The van der Waals surface area contributed by atoms with E-state index in [0.29, 0.717) is 16.9 Å². The van der Waals surface area contributed by atoms with Crippen LogP contribution in [0.1, 0.15) is 41.3 Å². The first-order chi connectivity index (χ1) is 8.84. The van der Waals surface area contributed by atoms with Crippen molar-refractivity contribution < 1.29 is 24.2 Å². The van der Waals surface area contributed by atoms with E-state index in [2.05, 4.69) is 4.74 Å². The molecule has 0 aliphatic carbocycles. The average Bonchev–Trinajstić information content (AvgIpc) is 2.38. The summed E-state index contributed by atoms with van der Waals surface area (Å²) < 4.78 is 9.81. The van der Waals surface area contributed by atoms with Gasteiger partial charge in [0.25, 0.3) is 0 Å². The van der Waals surface area contributed by atoms with Gasteiger partial charge in [-0.25, -0.2) is 4.79 Å². The van der Waals surface area contributed by atoms with Crippen molar-refractivity contribution in [2.45, 2.75) is 26.7 Å². The Hall–Kier alpha value is -2.04. The van der Waals surface area contributed by atoms with Crippen molar-refractivity contribution in [2.24, 2.45) is 0 Å². The van der Waals surface area contributed by atoms with Crippen LogP contribution in [-0.2, 0) is 9.53 Å². The van der Waals surface area contributed by atoms with E-state index in [1.54, 1.807) is 13.8 Å². The van der Waals surface area contributed by atoms with Gasteiger partial charge in [-0.2, -0.15) is 0 Å². The zero-order chi connectivity index (χ0) is 14.7. The molecule has 1 atom stereocenters. The second kappa shape index (κ2) is 5.73. The molecule has 0 saturated heterocycles. The molecule has 0 fully saturated rings. The Labute approximate surface area is 112 Å². The lowest BCUT2D eigenvalue weighted by atomic mass is 9.88. The smallest absolute Gasteiger partial charge is 0.341 e. The van der Waals surface area contributed by atoms with Crippen molar-refractivity contribution in [1.29, 1.82) is 0 Å². The van der Waals surface area contributed by atoms with Crippen LogP contribution < -0.4 is 4.74 Å². The topological polar surface area (TPSA) is 72.8 Å². The summed E-state index contributed by atoms with van der Waals surface area (Å²) in [5.41, 5.74) is 1.10. The highest BCUT2D eigenvalue weighted by Crippen LogP contribution is 2.37. The number of hydrogen-bond donors (Lipinski definition) is 1. The van der Waals surface area contributed by atoms with E-state index in [1.807, 2.05) is 0 Å². The summed E-state index contributed by atoms with van der Waals surface area (Å²) in [5, 5.41) is 9.97. The highest BCUT2D eigenvalue weighted by molar-refractivity contribution is 5.98. The third-order valence-corrected chi connectivity index (χ3v) is 3.22. The van der Waals surface area contributed by atoms with Gasteiger partial charge in [-0.05, 0) is 25.0 Å². The number of aromatic hydroxyl groups is 1. The number of Topliss-reactive ketones (excluding diaryl/α,β-unsaturated/α-hetero) is 1. The van der Waals surface area contributed by atoms with E-state index in [-0.39, 0.29) is 17.1 Å². The zero-order valence-corrected chi connectivity index (χ0v) is 11.7. The molecule has 1 rings (SSSR count). The van der Waals surface area contributed by atoms with Crippen molar-refractivity contribution >= 4 is 11.8 Å². The molecule has 5 nitrogen and oxygen atoms in total. The van der Waals surface area contributed by atoms with Gasteiger partial charge >= 0.3 is 5.97 Å². The van der Waals surface area contributed by atoms with Gasteiger partial charge in [-0.15, -0.1) is 0 Å². The van der Waals surface area contributed by atoms with E-state index < -0.39 is 11.9 Å². The first-order valence-corrected chi connectivity index (χ1v) is 5.84. The van der Waals surface area contributed by atoms with Crippen LogP contribution in [-0.4, -0.2) is 31.1 Å². The van der Waals surface area contributed by atoms with Gasteiger partial charge in [0, 0.05) is 12.0 Å². The minimum Gasteiger partial charge on any atom is -0.507 e. The molecular formula is C14H18O5. The molecule has 104 valence electrons. The number of rotatable bonds is 4. The predicted octanol–water partition coefficient (Wildman–Crippen LogP) is 2.19. The Kier molecular flexibility index (Phi) is 4.53. The van der Waals surface area contributed by atoms with Gasteiger partial charge in [-0.3, -0.25) is 4.79 Å². The molecule has 0 bridgehead atoms. The first-order valence-electron chi connectivity index (χ1n) is 5.84. The van der Waals surface area contributed by atoms with E-state index in [1.165, 1.54) is 27.2 Å². The van der Waals surface area contributed by atoms with Crippen LogP contribution in [0.2, 0.25) is 0 Å².